The zero-order valence-corrected chi connectivity index (χ0v) is 11.2. The average molecular weight is 301 g/mol. The summed E-state index contributed by atoms with van der Waals surface area (Å²) in [5.41, 5.74) is 1.26. The maximum atomic E-state index is 13.3. The Labute approximate surface area is 123 Å². The van der Waals surface area contributed by atoms with Crippen molar-refractivity contribution >= 4 is 11.6 Å². The van der Waals surface area contributed by atoms with Crippen LogP contribution in [0.1, 0.15) is 5.56 Å². The van der Waals surface area contributed by atoms with Crippen LogP contribution in [0.25, 0.3) is 23.0 Å². The van der Waals surface area contributed by atoms with E-state index in [4.69, 9.17) is 21.4 Å². The van der Waals surface area contributed by atoms with Gasteiger partial charge in [0.15, 0.2) is 0 Å². The highest BCUT2D eigenvalue weighted by atomic mass is 35.5. The van der Waals surface area contributed by atoms with E-state index in [2.05, 4.69) is 15.1 Å². The lowest BCUT2D eigenvalue weighted by Gasteiger charge is -1.96. The number of pyridine rings is 1. The van der Waals surface area contributed by atoms with Crippen molar-refractivity contribution in [1.82, 2.24) is 15.1 Å². The van der Waals surface area contributed by atoms with Gasteiger partial charge in [0.05, 0.1) is 5.56 Å². The van der Waals surface area contributed by atoms with Gasteiger partial charge in [0, 0.05) is 16.8 Å². The molecular weight excluding hydrogens is 295 g/mol. The van der Waals surface area contributed by atoms with Gasteiger partial charge in [-0.05, 0) is 30.3 Å². The molecular formula is C14H6ClFN4O. The molecule has 0 saturated heterocycles. The first-order valence-corrected chi connectivity index (χ1v) is 6.20. The minimum Gasteiger partial charge on any atom is -0.334 e. The van der Waals surface area contributed by atoms with Crippen molar-refractivity contribution in [2.45, 2.75) is 0 Å². The molecule has 0 aliphatic heterocycles. The molecule has 0 aliphatic carbocycles. The zero-order chi connectivity index (χ0) is 14.8. The van der Waals surface area contributed by atoms with Crippen LogP contribution in [0.15, 0.2) is 41.1 Å². The van der Waals surface area contributed by atoms with Crippen LogP contribution in [0.3, 0.4) is 0 Å². The molecule has 2 aromatic heterocycles. The molecule has 0 radical (unpaired) electrons. The van der Waals surface area contributed by atoms with Crippen LogP contribution in [0, 0.1) is 17.1 Å². The van der Waals surface area contributed by atoms with E-state index in [1.807, 2.05) is 6.07 Å². The molecule has 1 aromatic carbocycles. The van der Waals surface area contributed by atoms with E-state index in [-0.39, 0.29) is 16.7 Å². The Morgan fingerprint density at radius 3 is 2.76 bits per heavy atom. The maximum absolute atomic E-state index is 13.3. The van der Waals surface area contributed by atoms with Gasteiger partial charge < -0.3 is 4.52 Å². The molecule has 102 valence electrons. The Balaban J connectivity index is 1.97. The van der Waals surface area contributed by atoms with Gasteiger partial charge in [-0.2, -0.15) is 10.2 Å². The Bertz CT molecular complexity index is 819. The SMILES string of the molecule is N#Cc1ccc(-c2noc(-c3cc(F)cc(Cl)c3)n2)nc1. The van der Waals surface area contributed by atoms with Crippen molar-refractivity contribution in [2.24, 2.45) is 0 Å². The van der Waals surface area contributed by atoms with E-state index in [0.29, 0.717) is 16.8 Å². The molecule has 2 heterocycles. The summed E-state index contributed by atoms with van der Waals surface area (Å²) >= 11 is 5.78. The van der Waals surface area contributed by atoms with Crippen LogP contribution in [0.4, 0.5) is 4.39 Å². The standard InChI is InChI=1S/C14H6ClFN4O/c15-10-3-9(4-11(16)5-10)14-19-13(20-21-14)12-2-1-8(6-17)7-18-12/h1-5,7H. The van der Waals surface area contributed by atoms with Crippen LogP contribution < -0.4 is 0 Å². The van der Waals surface area contributed by atoms with Gasteiger partial charge in [-0.25, -0.2) is 4.39 Å². The van der Waals surface area contributed by atoms with E-state index in [9.17, 15) is 4.39 Å². The van der Waals surface area contributed by atoms with Crippen LogP contribution in [0.2, 0.25) is 5.02 Å². The Morgan fingerprint density at radius 2 is 2.10 bits per heavy atom. The topological polar surface area (TPSA) is 75.6 Å². The minimum absolute atomic E-state index is 0.137. The second kappa shape index (κ2) is 5.31. The van der Waals surface area contributed by atoms with Gasteiger partial charge in [0.25, 0.3) is 5.89 Å². The Kier molecular flexibility index (Phi) is 3.34. The predicted octanol–water partition coefficient (Wildman–Crippen LogP) is 3.46. The summed E-state index contributed by atoms with van der Waals surface area (Å²) in [5, 5.41) is 12.7. The van der Waals surface area contributed by atoms with Crippen LogP contribution in [0.5, 0.6) is 0 Å². The molecule has 0 fully saturated rings. The molecule has 0 N–H and O–H groups in total. The molecule has 3 rings (SSSR count). The smallest absolute Gasteiger partial charge is 0.258 e. The summed E-state index contributed by atoms with van der Waals surface area (Å²) in [5.74, 6) is -0.110. The summed E-state index contributed by atoms with van der Waals surface area (Å²) < 4.78 is 18.4. The van der Waals surface area contributed by atoms with Crippen molar-refractivity contribution in [1.29, 1.82) is 5.26 Å². The fourth-order valence-corrected chi connectivity index (χ4v) is 1.94. The zero-order valence-electron chi connectivity index (χ0n) is 10.4. The summed E-state index contributed by atoms with van der Waals surface area (Å²) in [4.78, 5) is 8.19. The quantitative estimate of drug-likeness (QED) is 0.724. The first kappa shape index (κ1) is 13.2. The second-order valence-corrected chi connectivity index (χ2v) is 4.56. The number of aromatic nitrogens is 3. The Hall–Kier alpha value is -2.78. The van der Waals surface area contributed by atoms with Gasteiger partial charge in [-0.3, -0.25) is 4.98 Å². The second-order valence-electron chi connectivity index (χ2n) is 4.13. The van der Waals surface area contributed by atoms with Crippen LogP contribution >= 0.6 is 11.6 Å². The first-order valence-electron chi connectivity index (χ1n) is 5.82. The molecule has 0 aliphatic rings. The fourth-order valence-electron chi connectivity index (χ4n) is 1.71. The molecule has 0 amide bonds. The van der Waals surface area contributed by atoms with Crippen molar-refractivity contribution in [2.75, 3.05) is 0 Å². The molecule has 0 saturated carbocycles. The molecule has 5 nitrogen and oxygen atoms in total. The van der Waals surface area contributed by atoms with Crippen molar-refractivity contribution < 1.29 is 8.91 Å². The molecule has 7 heteroatoms. The molecule has 21 heavy (non-hydrogen) atoms. The van der Waals surface area contributed by atoms with E-state index in [1.165, 1.54) is 24.4 Å². The largest absolute Gasteiger partial charge is 0.334 e. The number of benzene rings is 1. The van der Waals surface area contributed by atoms with Crippen LogP contribution in [-0.4, -0.2) is 15.1 Å². The summed E-state index contributed by atoms with van der Waals surface area (Å²) in [6, 6.07) is 9.12. The van der Waals surface area contributed by atoms with Crippen molar-refractivity contribution in [3.05, 3.63) is 52.9 Å². The molecule has 0 unspecified atom stereocenters. The highest BCUT2D eigenvalue weighted by Gasteiger charge is 2.13. The lowest BCUT2D eigenvalue weighted by molar-refractivity contribution is 0.432. The summed E-state index contributed by atoms with van der Waals surface area (Å²) in [6.07, 6.45) is 1.41. The van der Waals surface area contributed by atoms with Gasteiger partial charge in [-0.15, -0.1) is 0 Å². The minimum atomic E-state index is -0.492. The van der Waals surface area contributed by atoms with Crippen molar-refractivity contribution in [3.63, 3.8) is 0 Å². The van der Waals surface area contributed by atoms with E-state index < -0.39 is 5.82 Å². The van der Waals surface area contributed by atoms with E-state index in [1.54, 1.807) is 12.1 Å². The number of halogens is 2. The van der Waals surface area contributed by atoms with Crippen molar-refractivity contribution in [3.8, 4) is 29.0 Å². The lowest BCUT2D eigenvalue weighted by Crippen LogP contribution is -1.87. The molecule has 0 spiro atoms. The Morgan fingerprint density at radius 1 is 1.24 bits per heavy atom. The third-order valence-electron chi connectivity index (χ3n) is 2.66. The fraction of sp³-hybridized carbons (Fsp3) is 0. The number of rotatable bonds is 2. The highest BCUT2D eigenvalue weighted by Crippen LogP contribution is 2.25. The third-order valence-corrected chi connectivity index (χ3v) is 2.88. The summed E-state index contributed by atoms with van der Waals surface area (Å²) in [6.45, 7) is 0. The van der Waals surface area contributed by atoms with E-state index in [0.717, 1.165) is 0 Å². The van der Waals surface area contributed by atoms with Gasteiger partial charge in [0.1, 0.15) is 17.6 Å². The van der Waals surface area contributed by atoms with Gasteiger partial charge in [0.2, 0.25) is 5.82 Å². The summed E-state index contributed by atoms with van der Waals surface area (Å²) in [7, 11) is 0. The number of nitriles is 1. The molecule has 0 bridgehead atoms. The van der Waals surface area contributed by atoms with E-state index >= 15 is 0 Å². The third kappa shape index (κ3) is 2.73. The molecule has 3 aromatic rings. The maximum Gasteiger partial charge on any atom is 0.258 e. The van der Waals surface area contributed by atoms with Gasteiger partial charge in [-0.1, -0.05) is 16.8 Å². The monoisotopic (exact) mass is 300 g/mol. The number of hydrogen-bond donors (Lipinski definition) is 0. The average Bonchev–Trinajstić information content (AvgIpc) is 2.96. The predicted molar refractivity (Wildman–Crippen MR) is 72.6 cm³/mol. The first-order chi connectivity index (χ1) is 10.2. The van der Waals surface area contributed by atoms with Crippen LogP contribution in [-0.2, 0) is 0 Å². The number of nitrogens with zero attached hydrogens (tertiary/aromatic N) is 4. The highest BCUT2D eigenvalue weighted by molar-refractivity contribution is 6.30. The molecule has 0 atom stereocenters. The normalized spacial score (nSPS) is 10.3. The lowest BCUT2D eigenvalue weighted by atomic mass is 10.2. The number of hydrogen-bond acceptors (Lipinski definition) is 5. The van der Waals surface area contributed by atoms with Gasteiger partial charge >= 0.3 is 0 Å².